The molecule has 0 fully saturated rings. The summed E-state index contributed by atoms with van der Waals surface area (Å²) in [6.07, 6.45) is 3.60. The molecular formula is C10H12BrNOS2. The van der Waals surface area contributed by atoms with Gasteiger partial charge in [0.1, 0.15) is 0 Å². The molecule has 1 N–H and O–H groups in total. The average Bonchev–Trinajstić information content (AvgIpc) is 2.64. The van der Waals surface area contributed by atoms with Crippen molar-refractivity contribution in [2.75, 3.05) is 12.8 Å². The van der Waals surface area contributed by atoms with Crippen molar-refractivity contribution in [1.29, 1.82) is 0 Å². The highest BCUT2D eigenvalue weighted by molar-refractivity contribution is 9.10. The zero-order chi connectivity index (χ0) is 11.3. The number of hydrogen-bond donors (Lipinski definition) is 1. The van der Waals surface area contributed by atoms with E-state index in [1.807, 2.05) is 24.6 Å². The van der Waals surface area contributed by atoms with Gasteiger partial charge in [-0.1, -0.05) is 0 Å². The fraction of sp³-hybridized carbons (Fsp3) is 0.300. The number of nitrogens with one attached hydrogen (secondary N) is 1. The van der Waals surface area contributed by atoms with Gasteiger partial charge in [-0.15, -0.1) is 23.1 Å². The van der Waals surface area contributed by atoms with E-state index >= 15 is 0 Å². The predicted octanol–water partition coefficient (Wildman–Crippen LogP) is 3.51. The van der Waals surface area contributed by atoms with E-state index in [0.717, 1.165) is 20.9 Å². The van der Waals surface area contributed by atoms with E-state index in [9.17, 15) is 4.79 Å². The van der Waals surface area contributed by atoms with E-state index in [4.69, 9.17) is 0 Å². The molecule has 82 valence electrons. The van der Waals surface area contributed by atoms with E-state index in [-0.39, 0.29) is 5.78 Å². The zero-order valence-corrected chi connectivity index (χ0v) is 11.8. The van der Waals surface area contributed by atoms with Crippen LogP contribution in [0.25, 0.3) is 0 Å². The molecule has 0 radical (unpaired) electrons. The van der Waals surface area contributed by atoms with E-state index in [1.54, 1.807) is 17.8 Å². The number of carbonyl (C=O) groups is 1. The summed E-state index contributed by atoms with van der Waals surface area (Å²) in [6.45, 7) is 2.84. The summed E-state index contributed by atoms with van der Waals surface area (Å²) < 4.78 is 0.957. The monoisotopic (exact) mass is 305 g/mol. The first-order valence-electron chi connectivity index (χ1n) is 4.45. The Kier molecular flexibility index (Phi) is 5.42. The number of halogens is 1. The van der Waals surface area contributed by atoms with Crippen molar-refractivity contribution in [3.8, 4) is 0 Å². The number of carbonyl (C=O) groups excluding carboxylic acids is 1. The van der Waals surface area contributed by atoms with Gasteiger partial charge in [0.15, 0.2) is 5.78 Å². The van der Waals surface area contributed by atoms with Crippen LogP contribution in [-0.2, 0) is 0 Å². The normalized spacial score (nSPS) is 11.5. The maximum atomic E-state index is 11.8. The lowest BCUT2D eigenvalue weighted by Crippen LogP contribution is -2.10. The molecule has 0 aliphatic rings. The van der Waals surface area contributed by atoms with Crippen LogP contribution in [0.2, 0.25) is 0 Å². The van der Waals surface area contributed by atoms with Crippen LogP contribution in [0, 0.1) is 0 Å². The van der Waals surface area contributed by atoms with Crippen LogP contribution >= 0.6 is 39.0 Å². The third-order valence-electron chi connectivity index (χ3n) is 1.64. The van der Waals surface area contributed by atoms with Gasteiger partial charge in [0.2, 0.25) is 0 Å². The minimum Gasteiger partial charge on any atom is -0.380 e. The molecule has 15 heavy (non-hydrogen) atoms. The summed E-state index contributed by atoms with van der Waals surface area (Å²) in [6, 6.07) is 1.84. The van der Waals surface area contributed by atoms with Crippen molar-refractivity contribution >= 4 is 44.8 Å². The molecule has 0 amide bonds. The van der Waals surface area contributed by atoms with Gasteiger partial charge < -0.3 is 5.32 Å². The summed E-state index contributed by atoms with van der Waals surface area (Å²) in [4.78, 5) is 12.5. The molecule has 2 nitrogen and oxygen atoms in total. The summed E-state index contributed by atoms with van der Waals surface area (Å²) in [5, 5.41) is 5.95. The zero-order valence-electron chi connectivity index (χ0n) is 8.54. The lowest BCUT2D eigenvalue weighted by atomic mass is 10.3. The van der Waals surface area contributed by atoms with Gasteiger partial charge in [-0.05, 0) is 35.2 Å². The molecule has 0 aliphatic heterocycles. The van der Waals surface area contributed by atoms with Crippen LogP contribution in [0.4, 0.5) is 0 Å². The molecule has 0 saturated heterocycles. The molecule has 0 aromatic carbocycles. The third kappa shape index (κ3) is 4.01. The molecule has 1 aromatic heterocycles. The summed E-state index contributed by atoms with van der Waals surface area (Å²) in [5.74, 6) is 0.0519. The summed E-state index contributed by atoms with van der Waals surface area (Å²) in [5.41, 5.74) is 0. The maximum absolute atomic E-state index is 11.8. The highest BCUT2D eigenvalue weighted by Crippen LogP contribution is 2.21. The Bertz CT molecular complexity index is 373. The molecular weight excluding hydrogens is 294 g/mol. The molecule has 0 saturated carbocycles. The highest BCUT2D eigenvalue weighted by atomic mass is 79.9. The van der Waals surface area contributed by atoms with E-state index in [2.05, 4.69) is 21.2 Å². The van der Waals surface area contributed by atoms with Crippen LogP contribution < -0.4 is 5.32 Å². The Balaban J connectivity index is 2.76. The number of thioether (sulfide) groups is 1. The molecule has 0 atom stereocenters. The van der Waals surface area contributed by atoms with Crippen molar-refractivity contribution in [2.45, 2.75) is 6.92 Å². The molecule has 0 bridgehead atoms. The van der Waals surface area contributed by atoms with Crippen molar-refractivity contribution in [3.63, 3.8) is 0 Å². The molecule has 0 spiro atoms. The SMILES string of the molecule is CCN/C(=C\C(=O)c1cc(Br)cs1)SC. The van der Waals surface area contributed by atoms with Crippen molar-refractivity contribution in [1.82, 2.24) is 5.32 Å². The van der Waals surface area contributed by atoms with E-state index < -0.39 is 0 Å². The molecule has 0 unspecified atom stereocenters. The van der Waals surface area contributed by atoms with Gasteiger partial charge in [0.25, 0.3) is 0 Å². The second-order valence-corrected chi connectivity index (χ2v) is 5.41. The molecule has 1 heterocycles. The van der Waals surface area contributed by atoms with Gasteiger partial charge in [0, 0.05) is 22.5 Å². The van der Waals surface area contributed by atoms with Crippen LogP contribution in [0.3, 0.4) is 0 Å². The van der Waals surface area contributed by atoms with Gasteiger partial charge >= 0.3 is 0 Å². The van der Waals surface area contributed by atoms with E-state index in [0.29, 0.717) is 0 Å². The Morgan fingerprint density at radius 3 is 2.93 bits per heavy atom. The number of hydrogen-bond acceptors (Lipinski definition) is 4. The Morgan fingerprint density at radius 2 is 2.47 bits per heavy atom. The number of thiophene rings is 1. The van der Waals surface area contributed by atoms with Crippen molar-refractivity contribution in [3.05, 3.63) is 31.9 Å². The molecule has 1 rings (SSSR count). The predicted molar refractivity (Wildman–Crippen MR) is 71.6 cm³/mol. The van der Waals surface area contributed by atoms with Gasteiger partial charge in [0.05, 0.1) is 9.91 Å². The fourth-order valence-corrected chi connectivity index (χ4v) is 2.84. The van der Waals surface area contributed by atoms with Gasteiger partial charge in [-0.25, -0.2) is 0 Å². The van der Waals surface area contributed by atoms with E-state index in [1.165, 1.54) is 11.3 Å². The first-order valence-corrected chi connectivity index (χ1v) is 7.35. The Morgan fingerprint density at radius 1 is 1.73 bits per heavy atom. The van der Waals surface area contributed by atoms with Crippen molar-refractivity contribution in [2.24, 2.45) is 0 Å². The topological polar surface area (TPSA) is 29.1 Å². The molecule has 5 heteroatoms. The lowest BCUT2D eigenvalue weighted by molar-refractivity contribution is 0.105. The van der Waals surface area contributed by atoms with Crippen LogP contribution in [0.5, 0.6) is 0 Å². The first-order chi connectivity index (χ1) is 7.17. The largest absolute Gasteiger partial charge is 0.380 e. The second-order valence-electron chi connectivity index (χ2n) is 2.74. The Labute approximate surface area is 106 Å². The maximum Gasteiger partial charge on any atom is 0.198 e. The summed E-state index contributed by atoms with van der Waals surface area (Å²) >= 11 is 6.33. The minimum absolute atomic E-state index is 0.0519. The van der Waals surface area contributed by atoms with Crippen LogP contribution in [0.1, 0.15) is 16.6 Å². The Hall–Kier alpha value is -0.260. The minimum atomic E-state index is 0.0519. The van der Waals surface area contributed by atoms with Crippen molar-refractivity contribution < 1.29 is 4.79 Å². The highest BCUT2D eigenvalue weighted by Gasteiger charge is 2.06. The van der Waals surface area contributed by atoms with Crippen LogP contribution in [0.15, 0.2) is 27.0 Å². The van der Waals surface area contributed by atoms with Gasteiger partial charge in [-0.2, -0.15) is 0 Å². The quantitative estimate of drug-likeness (QED) is 0.667. The third-order valence-corrected chi connectivity index (χ3v) is 4.05. The average molecular weight is 306 g/mol. The standard InChI is InChI=1S/C10H12BrNOS2/c1-3-12-10(14-2)5-8(13)9-4-7(11)6-15-9/h4-6,12H,3H2,1-2H3/b10-5+. The number of ketones is 1. The first kappa shape index (κ1) is 12.8. The second kappa shape index (κ2) is 6.35. The smallest absolute Gasteiger partial charge is 0.198 e. The lowest BCUT2D eigenvalue weighted by Gasteiger charge is -2.03. The molecule has 0 aliphatic carbocycles. The summed E-state index contributed by atoms with van der Waals surface area (Å²) in [7, 11) is 0. The fourth-order valence-electron chi connectivity index (χ4n) is 0.989. The number of allylic oxidation sites excluding steroid dienone is 1. The molecule has 1 aromatic rings. The van der Waals surface area contributed by atoms with Crippen LogP contribution in [-0.4, -0.2) is 18.6 Å². The van der Waals surface area contributed by atoms with Gasteiger partial charge in [-0.3, -0.25) is 4.79 Å². The number of rotatable bonds is 5.